The van der Waals surface area contributed by atoms with Gasteiger partial charge in [-0.15, -0.1) is 0 Å². The van der Waals surface area contributed by atoms with Gasteiger partial charge in [-0.3, -0.25) is 14.3 Å². The molecule has 17 heteroatoms. The van der Waals surface area contributed by atoms with Gasteiger partial charge >= 0.3 is 12.2 Å². The molecule has 5 N–H and O–H groups in total. The molecule has 0 spiro atoms. The van der Waals surface area contributed by atoms with Crippen molar-refractivity contribution < 1.29 is 38.9 Å². The number of nitrogens with zero attached hydrogens (tertiary/aromatic N) is 5. The Bertz CT molecular complexity index is 3020. The molecule has 378 valence electrons. The Morgan fingerprint density at radius 2 is 1.64 bits per heavy atom. The monoisotopic (exact) mass is 997 g/mol. The number of unbranched alkanes of at least 4 members (excludes halogenated alkanes) is 3. The number of carbonyl (C=O) groups is 1. The van der Waals surface area contributed by atoms with E-state index < -0.39 is 24.5 Å². The molecular formula is C55H63N7O9S. The molecule has 2 aliphatic heterocycles. The third kappa shape index (κ3) is 13.2. The number of phenols is 1. The first kappa shape index (κ1) is 53.1. The van der Waals surface area contributed by atoms with Gasteiger partial charge < -0.3 is 35.1 Å². The average molecular weight is 998 g/mol. The maximum atomic E-state index is 12.6. The fourth-order valence-electron chi connectivity index (χ4n) is 9.13. The van der Waals surface area contributed by atoms with Crippen molar-refractivity contribution in [2.75, 3.05) is 25.0 Å². The molecule has 72 heavy (non-hydrogen) atoms. The minimum atomic E-state index is -1.19. The predicted molar refractivity (Wildman–Crippen MR) is 279 cm³/mol. The van der Waals surface area contributed by atoms with Crippen LogP contribution in [0.4, 0.5) is 10.5 Å². The second-order valence-electron chi connectivity index (χ2n) is 19.6. The lowest BCUT2D eigenvalue weighted by atomic mass is 9.87. The van der Waals surface area contributed by atoms with E-state index in [0.717, 1.165) is 82.4 Å². The number of urea groups is 1. The number of thiocarbonyl (C=S) groups is 1. The van der Waals surface area contributed by atoms with Gasteiger partial charge in [0.25, 0.3) is 0 Å². The molecule has 5 aromatic rings. The number of aromatic nitrogens is 4. The number of aliphatic hydroxyl groups is 2. The summed E-state index contributed by atoms with van der Waals surface area (Å²) >= 11 is 5.82. The number of hydrogen-bond donors (Lipinski definition) is 5. The third-order valence-corrected chi connectivity index (χ3v) is 13.4. The lowest BCUT2D eigenvalue weighted by Crippen LogP contribution is -2.44. The first-order valence-electron chi connectivity index (χ1n) is 24.4. The summed E-state index contributed by atoms with van der Waals surface area (Å²) in [6.07, 6.45) is 6.43. The molecule has 1 aliphatic carbocycles. The highest BCUT2D eigenvalue weighted by Gasteiger charge is 2.45. The number of aromatic hydroxyl groups is 1. The van der Waals surface area contributed by atoms with Crippen molar-refractivity contribution in [3.8, 4) is 28.2 Å². The van der Waals surface area contributed by atoms with Gasteiger partial charge in [-0.1, -0.05) is 82.2 Å². The second-order valence-corrected chi connectivity index (χ2v) is 20.1. The normalized spacial score (nSPS) is 16.8. The van der Waals surface area contributed by atoms with Crippen LogP contribution in [0.2, 0.25) is 0 Å². The van der Waals surface area contributed by atoms with Crippen LogP contribution in [0.5, 0.6) is 5.75 Å². The summed E-state index contributed by atoms with van der Waals surface area (Å²) in [5.74, 6) is 0.564. The molecule has 0 saturated carbocycles. The number of imidazole rings is 1. The van der Waals surface area contributed by atoms with Crippen molar-refractivity contribution in [1.29, 1.82) is 0 Å². The number of anilines is 1. The summed E-state index contributed by atoms with van der Waals surface area (Å²) in [6, 6.07) is 25.9. The Morgan fingerprint density at radius 1 is 0.903 bits per heavy atom. The third-order valence-electron chi connectivity index (χ3n) is 13.0. The zero-order valence-corrected chi connectivity index (χ0v) is 42.2. The topological polar surface area (TPSA) is 222 Å². The van der Waals surface area contributed by atoms with Crippen molar-refractivity contribution in [3.05, 3.63) is 125 Å². The molecule has 8 rings (SSSR count). The summed E-state index contributed by atoms with van der Waals surface area (Å²) in [4.78, 5) is 57.9. The van der Waals surface area contributed by atoms with Crippen LogP contribution in [0.3, 0.4) is 0 Å². The predicted octanol–water partition coefficient (Wildman–Crippen LogP) is 8.77. The highest BCUT2D eigenvalue weighted by atomic mass is 32.1. The molecule has 2 amide bonds. The van der Waals surface area contributed by atoms with Gasteiger partial charge in [0.1, 0.15) is 47.2 Å². The van der Waals surface area contributed by atoms with Crippen LogP contribution in [-0.2, 0) is 32.6 Å². The van der Waals surface area contributed by atoms with Crippen LogP contribution in [0.25, 0.3) is 44.6 Å². The first-order valence-corrected chi connectivity index (χ1v) is 24.8. The average Bonchev–Trinajstić information content (AvgIpc) is 3.90. The molecule has 3 aliphatic rings. The number of nitrogens with one attached hydrogen (secondary N) is 2. The van der Waals surface area contributed by atoms with Gasteiger partial charge in [-0.05, 0) is 109 Å². The smallest absolute Gasteiger partial charge is 0.373 e. The number of carbonyl (C=O) groups excluding carboxylic acids is 3. The van der Waals surface area contributed by atoms with Gasteiger partial charge in [0, 0.05) is 66.4 Å². The number of benzene rings is 4. The molecule has 1 saturated heterocycles. The molecule has 2 aromatic heterocycles. The number of aliphatic hydroxyl groups excluding tert-OH is 2. The fourth-order valence-corrected chi connectivity index (χ4v) is 9.44. The Kier molecular flexibility index (Phi) is 17.8. The van der Waals surface area contributed by atoms with Crippen LogP contribution in [0, 0.1) is 0 Å². The maximum Gasteiger partial charge on any atom is 0.373 e. The van der Waals surface area contributed by atoms with Gasteiger partial charge in [0.2, 0.25) is 0 Å². The highest BCUT2D eigenvalue weighted by molar-refractivity contribution is 7.80. The quantitative estimate of drug-likeness (QED) is 0.0290. The Morgan fingerprint density at radius 3 is 2.36 bits per heavy atom. The van der Waals surface area contributed by atoms with E-state index in [1.54, 1.807) is 29.1 Å². The standard InChI is InChI=1S/C54H63N7O7S.CO2/c1-33(2)60(26-10-25-55-53(66)59-37-19-17-36(18-20-37)54(3,4)5)30-46-49(64)50(65)52(68-46)61-32-58-48-43(56-31-57-51(48)61)12-9-7-6-8-11-40(69)27-34-13-15-35(16-14-34)47-41-23-21-38(62)28-44(41)67-45-29-39(63)22-24-42(45)47;2-1-3/h13-24,28-29,31-33,46,49-50,52,62,64-65H,6-12,25-27,30H2,1-5H3,(H2,55,59,66);/t46-,49-,50-,52-;/m1./s1. The zero-order chi connectivity index (χ0) is 51.5. The van der Waals surface area contributed by atoms with E-state index in [1.165, 1.54) is 24.0 Å². The molecule has 0 bridgehead atoms. The zero-order valence-electron chi connectivity index (χ0n) is 41.3. The molecule has 4 heterocycles. The van der Waals surface area contributed by atoms with Crippen LogP contribution < -0.4 is 16.1 Å². The van der Waals surface area contributed by atoms with Crippen molar-refractivity contribution in [2.24, 2.45) is 0 Å². The van der Waals surface area contributed by atoms with Gasteiger partial charge in [0.05, 0.1) is 12.0 Å². The van der Waals surface area contributed by atoms with Gasteiger partial charge in [-0.25, -0.2) is 19.7 Å². The first-order chi connectivity index (χ1) is 34.5. The number of amides is 2. The number of phenolic OH excluding ortho intramolecular Hbond substituents is 1. The van der Waals surface area contributed by atoms with Crippen LogP contribution >= 0.6 is 12.2 Å². The van der Waals surface area contributed by atoms with Crippen LogP contribution in [0.1, 0.15) is 96.2 Å². The van der Waals surface area contributed by atoms with Crippen molar-refractivity contribution in [1.82, 2.24) is 29.7 Å². The molecule has 0 radical (unpaired) electrons. The van der Waals surface area contributed by atoms with E-state index in [1.807, 2.05) is 30.3 Å². The summed E-state index contributed by atoms with van der Waals surface area (Å²) in [6.45, 7) is 12.1. The molecule has 1 fully saturated rings. The summed E-state index contributed by atoms with van der Waals surface area (Å²) in [7, 11) is 0. The molecule has 0 unspecified atom stereocenters. The Balaban J connectivity index is 0.00000247. The number of fused-ring (bicyclic) bond motifs is 3. The van der Waals surface area contributed by atoms with E-state index >= 15 is 0 Å². The van der Waals surface area contributed by atoms with Crippen molar-refractivity contribution >= 4 is 57.1 Å². The largest absolute Gasteiger partial charge is 0.508 e. The summed E-state index contributed by atoms with van der Waals surface area (Å²) < 4.78 is 14.0. The second kappa shape index (κ2) is 24.1. The van der Waals surface area contributed by atoms with E-state index in [2.05, 4.69) is 89.4 Å². The van der Waals surface area contributed by atoms with E-state index in [4.69, 9.17) is 31.0 Å². The molecule has 4 atom stereocenters. The highest BCUT2D eigenvalue weighted by Crippen LogP contribution is 2.41. The minimum absolute atomic E-state index is 0.0350. The lowest BCUT2D eigenvalue weighted by molar-refractivity contribution is -0.191. The Labute approximate surface area is 423 Å². The summed E-state index contributed by atoms with van der Waals surface area (Å²) in [5, 5.41) is 39.2. The van der Waals surface area contributed by atoms with Gasteiger partial charge in [0.15, 0.2) is 17.3 Å². The molecule has 16 nitrogen and oxygen atoms in total. The molecular weight excluding hydrogens is 935 g/mol. The number of ether oxygens (including phenoxy) is 1. The van der Waals surface area contributed by atoms with Crippen LogP contribution in [0.15, 0.2) is 107 Å². The molecule has 3 aromatic carbocycles. The van der Waals surface area contributed by atoms with Crippen molar-refractivity contribution in [3.63, 3.8) is 0 Å². The number of hydrogen-bond acceptors (Lipinski definition) is 14. The summed E-state index contributed by atoms with van der Waals surface area (Å²) in [5.41, 5.74) is 8.23. The lowest BCUT2D eigenvalue weighted by Gasteiger charge is -2.30. The number of aryl methyl sites for hydroxylation is 1. The minimum Gasteiger partial charge on any atom is -0.508 e. The van der Waals surface area contributed by atoms with Gasteiger partial charge in [-0.2, -0.15) is 9.59 Å². The Hall–Kier alpha value is -6.72. The maximum absolute atomic E-state index is 12.6. The fraction of sp³-hybridized carbons (Fsp3) is 0.400. The van der Waals surface area contributed by atoms with Crippen LogP contribution in [-0.4, -0.2) is 101 Å². The number of rotatable bonds is 19. The van der Waals surface area contributed by atoms with E-state index in [-0.39, 0.29) is 34.8 Å². The van der Waals surface area contributed by atoms with Crippen molar-refractivity contribution in [2.45, 2.75) is 122 Å². The van der Waals surface area contributed by atoms with E-state index in [9.17, 15) is 24.9 Å². The van der Waals surface area contributed by atoms with E-state index in [0.29, 0.717) is 55.0 Å². The SMILES string of the molecule is CC(C)N(CCCNC(=O)Nc1ccc(C(C)(C)C)cc1)C[C@H]1O[C@@H](n2cnc3c(CCCCCCC(=S)Cc4ccc(-c5c6ccc(=O)cc-6oc6cc(O)ccc56)cc4)ncnc32)[C@H](O)[C@@H]1O.O=C=O.